The molecule has 2 aromatic carbocycles. The summed E-state index contributed by atoms with van der Waals surface area (Å²) in [6.45, 7) is 2.16. The van der Waals surface area contributed by atoms with Crippen LogP contribution < -0.4 is 4.90 Å². The SMILES string of the molecule is O=C(CN(/N=C/c1ccc(Cl)cc1Cl)C(=O)c1ccncc1)N1CCN(c2cccc(Cl)c2)CC1. The molecule has 0 unspecified atom stereocenters. The normalized spacial score (nSPS) is 13.8. The number of aromatic nitrogens is 1. The van der Waals surface area contributed by atoms with Crippen LogP contribution in [0.1, 0.15) is 15.9 Å². The van der Waals surface area contributed by atoms with E-state index in [-0.39, 0.29) is 12.5 Å². The molecule has 1 aliphatic heterocycles. The van der Waals surface area contributed by atoms with Crippen LogP contribution in [0.5, 0.6) is 0 Å². The Balaban J connectivity index is 1.47. The largest absolute Gasteiger partial charge is 0.368 e. The molecule has 180 valence electrons. The quantitative estimate of drug-likeness (QED) is 0.337. The summed E-state index contributed by atoms with van der Waals surface area (Å²) in [5.41, 5.74) is 1.97. The number of benzene rings is 2. The van der Waals surface area contributed by atoms with Gasteiger partial charge in [0.2, 0.25) is 5.91 Å². The third-order valence-electron chi connectivity index (χ3n) is 5.55. The molecule has 35 heavy (non-hydrogen) atoms. The highest BCUT2D eigenvalue weighted by molar-refractivity contribution is 6.36. The van der Waals surface area contributed by atoms with E-state index in [1.54, 1.807) is 35.2 Å². The van der Waals surface area contributed by atoms with E-state index >= 15 is 0 Å². The van der Waals surface area contributed by atoms with Crippen molar-refractivity contribution >= 4 is 58.5 Å². The minimum atomic E-state index is -0.417. The molecule has 10 heteroatoms. The average molecular weight is 531 g/mol. The summed E-state index contributed by atoms with van der Waals surface area (Å²) in [6, 6.07) is 15.8. The van der Waals surface area contributed by atoms with Crippen molar-refractivity contribution in [3.63, 3.8) is 0 Å². The highest BCUT2D eigenvalue weighted by atomic mass is 35.5. The lowest BCUT2D eigenvalue weighted by Crippen LogP contribution is -2.51. The molecule has 2 heterocycles. The second-order valence-electron chi connectivity index (χ2n) is 7.86. The molecule has 0 aliphatic carbocycles. The Labute approximate surface area is 218 Å². The lowest BCUT2D eigenvalue weighted by molar-refractivity contribution is -0.132. The number of carbonyl (C=O) groups excluding carboxylic acids is 2. The van der Waals surface area contributed by atoms with Gasteiger partial charge in [0.15, 0.2) is 0 Å². The highest BCUT2D eigenvalue weighted by Crippen LogP contribution is 2.22. The lowest BCUT2D eigenvalue weighted by atomic mass is 10.2. The fraction of sp³-hybridized carbons (Fsp3) is 0.200. The van der Waals surface area contributed by atoms with E-state index in [4.69, 9.17) is 34.8 Å². The predicted octanol–water partition coefficient (Wildman–Crippen LogP) is 4.87. The molecule has 0 atom stereocenters. The van der Waals surface area contributed by atoms with Gasteiger partial charge in [0.1, 0.15) is 6.54 Å². The van der Waals surface area contributed by atoms with Crippen LogP contribution in [-0.4, -0.2) is 65.6 Å². The highest BCUT2D eigenvalue weighted by Gasteiger charge is 2.25. The van der Waals surface area contributed by atoms with Crippen molar-refractivity contribution in [3.8, 4) is 0 Å². The number of hydrogen-bond donors (Lipinski definition) is 0. The summed E-state index contributed by atoms with van der Waals surface area (Å²) in [5, 5.41) is 7.00. The first-order chi connectivity index (χ1) is 16.9. The summed E-state index contributed by atoms with van der Waals surface area (Å²) in [6.07, 6.45) is 4.48. The molecule has 3 aromatic rings. The lowest BCUT2D eigenvalue weighted by Gasteiger charge is -2.36. The van der Waals surface area contributed by atoms with Gasteiger partial charge in [-0.2, -0.15) is 5.10 Å². The van der Waals surface area contributed by atoms with Crippen molar-refractivity contribution in [2.24, 2.45) is 5.10 Å². The van der Waals surface area contributed by atoms with Crippen LogP contribution in [0, 0.1) is 0 Å². The van der Waals surface area contributed by atoms with E-state index in [2.05, 4.69) is 15.0 Å². The van der Waals surface area contributed by atoms with E-state index in [1.807, 2.05) is 24.3 Å². The van der Waals surface area contributed by atoms with Crippen LogP contribution in [0.4, 0.5) is 5.69 Å². The first kappa shape index (κ1) is 25.0. The molecule has 0 radical (unpaired) electrons. The van der Waals surface area contributed by atoms with Crippen molar-refractivity contribution in [1.82, 2.24) is 14.9 Å². The van der Waals surface area contributed by atoms with Gasteiger partial charge in [-0.1, -0.05) is 46.9 Å². The van der Waals surface area contributed by atoms with Crippen molar-refractivity contribution in [3.05, 3.63) is 93.2 Å². The van der Waals surface area contributed by atoms with Crippen LogP contribution >= 0.6 is 34.8 Å². The van der Waals surface area contributed by atoms with Gasteiger partial charge in [-0.25, -0.2) is 5.01 Å². The predicted molar refractivity (Wildman–Crippen MR) is 140 cm³/mol. The zero-order valence-electron chi connectivity index (χ0n) is 18.7. The van der Waals surface area contributed by atoms with Crippen LogP contribution in [-0.2, 0) is 4.79 Å². The second kappa shape index (κ2) is 11.5. The number of nitrogens with zero attached hydrogens (tertiary/aromatic N) is 5. The van der Waals surface area contributed by atoms with Crippen molar-refractivity contribution in [1.29, 1.82) is 0 Å². The molecule has 2 amide bonds. The first-order valence-electron chi connectivity index (χ1n) is 10.9. The van der Waals surface area contributed by atoms with Crippen LogP contribution in [0.25, 0.3) is 0 Å². The van der Waals surface area contributed by atoms with Gasteiger partial charge in [-0.15, -0.1) is 0 Å². The molecule has 0 saturated carbocycles. The third kappa shape index (κ3) is 6.51. The molecule has 0 bridgehead atoms. The Morgan fingerprint density at radius 2 is 1.66 bits per heavy atom. The maximum Gasteiger partial charge on any atom is 0.274 e. The summed E-state index contributed by atoms with van der Waals surface area (Å²) in [4.78, 5) is 34.1. The maximum absolute atomic E-state index is 13.1. The number of anilines is 1. The average Bonchev–Trinajstić information content (AvgIpc) is 2.87. The summed E-state index contributed by atoms with van der Waals surface area (Å²) in [7, 11) is 0. The standard InChI is InChI=1S/C25H22Cl3N5O2/c26-20-2-1-3-22(14-20)31-10-12-32(13-11-31)24(34)17-33(25(35)18-6-8-29-9-7-18)30-16-19-4-5-21(27)15-23(19)28/h1-9,14-16H,10-13,17H2/b30-16+. The number of hydrogen-bond acceptors (Lipinski definition) is 5. The van der Waals surface area contributed by atoms with E-state index in [9.17, 15) is 9.59 Å². The number of rotatable bonds is 6. The van der Waals surface area contributed by atoms with Crippen LogP contribution in [0.15, 0.2) is 72.1 Å². The summed E-state index contributed by atoms with van der Waals surface area (Å²) >= 11 is 18.3. The van der Waals surface area contributed by atoms with Crippen molar-refractivity contribution in [2.75, 3.05) is 37.6 Å². The first-order valence-corrected chi connectivity index (χ1v) is 12.0. The molecular weight excluding hydrogens is 509 g/mol. The Morgan fingerprint density at radius 1 is 0.943 bits per heavy atom. The van der Waals surface area contributed by atoms with E-state index in [0.29, 0.717) is 52.4 Å². The number of pyridine rings is 1. The molecule has 0 spiro atoms. The monoisotopic (exact) mass is 529 g/mol. The van der Waals surface area contributed by atoms with E-state index < -0.39 is 5.91 Å². The Kier molecular flexibility index (Phi) is 8.23. The number of carbonyl (C=O) groups is 2. The molecule has 7 nitrogen and oxygen atoms in total. The molecular formula is C25H22Cl3N5O2. The van der Waals surface area contributed by atoms with Gasteiger partial charge >= 0.3 is 0 Å². The molecule has 4 rings (SSSR count). The van der Waals surface area contributed by atoms with Gasteiger partial charge in [-0.05, 0) is 42.5 Å². The number of piperazine rings is 1. The number of amides is 2. The molecule has 1 fully saturated rings. The van der Waals surface area contributed by atoms with E-state index in [0.717, 1.165) is 10.7 Å². The minimum Gasteiger partial charge on any atom is -0.368 e. The van der Waals surface area contributed by atoms with Gasteiger partial charge in [0.05, 0.1) is 11.2 Å². The van der Waals surface area contributed by atoms with Gasteiger partial charge in [0.25, 0.3) is 5.91 Å². The zero-order valence-corrected chi connectivity index (χ0v) is 20.9. The minimum absolute atomic E-state index is 0.197. The molecule has 1 aliphatic rings. The Hall–Kier alpha value is -3.13. The Morgan fingerprint density at radius 3 is 2.34 bits per heavy atom. The third-order valence-corrected chi connectivity index (χ3v) is 6.35. The van der Waals surface area contributed by atoms with Crippen LogP contribution in [0.3, 0.4) is 0 Å². The summed E-state index contributed by atoms with van der Waals surface area (Å²) in [5.74, 6) is -0.614. The van der Waals surface area contributed by atoms with Gasteiger partial charge < -0.3 is 9.80 Å². The summed E-state index contributed by atoms with van der Waals surface area (Å²) < 4.78 is 0. The topological polar surface area (TPSA) is 69.1 Å². The smallest absolute Gasteiger partial charge is 0.274 e. The van der Waals surface area contributed by atoms with Gasteiger partial charge in [0, 0.05) is 65.4 Å². The van der Waals surface area contributed by atoms with Gasteiger partial charge in [-0.3, -0.25) is 14.6 Å². The molecule has 1 saturated heterocycles. The van der Waals surface area contributed by atoms with Crippen LogP contribution in [0.2, 0.25) is 15.1 Å². The second-order valence-corrected chi connectivity index (χ2v) is 9.14. The number of halogens is 3. The fourth-order valence-corrected chi connectivity index (χ4v) is 4.30. The molecule has 0 N–H and O–H groups in total. The van der Waals surface area contributed by atoms with Crippen molar-refractivity contribution < 1.29 is 9.59 Å². The van der Waals surface area contributed by atoms with Crippen molar-refractivity contribution in [2.45, 2.75) is 0 Å². The zero-order chi connectivity index (χ0) is 24.8. The Bertz CT molecular complexity index is 1230. The maximum atomic E-state index is 13.1. The molecule has 1 aromatic heterocycles. The fourth-order valence-electron chi connectivity index (χ4n) is 3.66. The van der Waals surface area contributed by atoms with E-state index in [1.165, 1.54) is 18.6 Å². The number of hydrazone groups is 1.